The Balaban J connectivity index is 2.34. The van der Waals surface area contributed by atoms with Crippen LogP contribution in [0, 0.1) is 0 Å². The van der Waals surface area contributed by atoms with E-state index in [2.05, 4.69) is 30.6 Å². The topological polar surface area (TPSA) is 56.7 Å². The molecular weight excluding hydrogens is 232 g/mol. The number of hydrogen-bond acceptors (Lipinski definition) is 4. The number of thioether (sulfide) groups is 1. The molecule has 0 spiro atoms. The van der Waals surface area contributed by atoms with Crippen LogP contribution in [0.5, 0.6) is 0 Å². The first-order valence-corrected chi connectivity index (χ1v) is 7.09. The Morgan fingerprint density at radius 2 is 2.12 bits per heavy atom. The summed E-state index contributed by atoms with van der Waals surface area (Å²) in [6.45, 7) is 7.90. The van der Waals surface area contributed by atoms with Crippen LogP contribution in [0.25, 0.3) is 0 Å². The summed E-state index contributed by atoms with van der Waals surface area (Å²) in [5.41, 5.74) is 5.78. The van der Waals surface area contributed by atoms with Crippen molar-refractivity contribution in [3.63, 3.8) is 0 Å². The highest BCUT2D eigenvalue weighted by Gasteiger charge is 2.12. The maximum Gasteiger partial charge on any atom is 0.222 e. The lowest BCUT2D eigenvalue weighted by Crippen LogP contribution is -2.07. The van der Waals surface area contributed by atoms with Gasteiger partial charge in [0.1, 0.15) is 0 Å². The zero-order chi connectivity index (χ0) is 12.7. The smallest absolute Gasteiger partial charge is 0.222 e. The number of hydrogen-bond donors (Lipinski definition) is 1. The molecule has 17 heavy (non-hydrogen) atoms. The van der Waals surface area contributed by atoms with Gasteiger partial charge < -0.3 is 5.73 Å². The lowest BCUT2D eigenvalue weighted by molar-refractivity contribution is 0.557. The van der Waals surface area contributed by atoms with Crippen LogP contribution in [-0.2, 0) is 0 Å². The maximum atomic E-state index is 5.78. The molecule has 4 nitrogen and oxygen atoms in total. The molecule has 0 saturated heterocycles. The predicted octanol–water partition coefficient (Wildman–Crippen LogP) is 3.28. The third kappa shape index (κ3) is 4.42. The normalized spacial score (nSPS) is 11.0. The predicted molar refractivity (Wildman–Crippen MR) is 74.2 cm³/mol. The van der Waals surface area contributed by atoms with Crippen LogP contribution in [0.3, 0.4) is 0 Å². The van der Waals surface area contributed by atoms with Crippen LogP contribution in [0.4, 0.5) is 5.95 Å². The van der Waals surface area contributed by atoms with Gasteiger partial charge in [0, 0.05) is 11.8 Å². The standard InChI is InChI=1S/C12H22N4S/c1-4-5-6-7-8-9-17-12-15-14-11(13)16(12)10(2)3/h4,10H,1,5-9H2,2-3H3,(H2,13,14). The number of allylic oxidation sites excluding steroid dienone is 1. The van der Waals surface area contributed by atoms with E-state index in [1.165, 1.54) is 19.3 Å². The Morgan fingerprint density at radius 3 is 2.76 bits per heavy atom. The highest BCUT2D eigenvalue weighted by Crippen LogP contribution is 2.23. The van der Waals surface area contributed by atoms with E-state index >= 15 is 0 Å². The largest absolute Gasteiger partial charge is 0.368 e. The molecule has 2 N–H and O–H groups in total. The number of unbranched alkanes of at least 4 members (excludes halogenated alkanes) is 3. The Labute approximate surface area is 108 Å². The molecule has 0 bridgehead atoms. The van der Waals surface area contributed by atoms with E-state index < -0.39 is 0 Å². The van der Waals surface area contributed by atoms with E-state index in [1.807, 2.05) is 10.6 Å². The summed E-state index contributed by atoms with van der Waals surface area (Å²) >= 11 is 1.74. The van der Waals surface area contributed by atoms with Crippen LogP contribution in [0.15, 0.2) is 17.8 Å². The van der Waals surface area contributed by atoms with Gasteiger partial charge in [0.15, 0.2) is 5.16 Å². The van der Waals surface area contributed by atoms with Crippen LogP contribution < -0.4 is 5.73 Å². The Morgan fingerprint density at radius 1 is 1.35 bits per heavy atom. The molecule has 1 heterocycles. The summed E-state index contributed by atoms with van der Waals surface area (Å²) in [4.78, 5) is 0. The Hall–Kier alpha value is -0.970. The molecule has 0 saturated carbocycles. The van der Waals surface area contributed by atoms with Crippen molar-refractivity contribution < 1.29 is 0 Å². The van der Waals surface area contributed by atoms with E-state index in [0.717, 1.165) is 17.3 Å². The minimum absolute atomic E-state index is 0.313. The highest BCUT2D eigenvalue weighted by atomic mass is 32.2. The quantitative estimate of drug-likeness (QED) is 0.439. The molecule has 0 unspecified atom stereocenters. The Kier molecular flexibility index (Phi) is 6.11. The van der Waals surface area contributed by atoms with Gasteiger partial charge in [-0.15, -0.1) is 16.8 Å². The van der Waals surface area contributed by atoms with E-state index in [-0.39, 0.29) is 0 Å². The van der Waals surface area contributed by atoms with Gasteiger partial charge in [0.25, 0.3) is 0 Å². The molecule has 0 fully saturated rings. The average molecular weight is 254 g/mol. The van der Waals surface area contributed by atoms with Crippen LogP contribution >= 0.6 is 11.8 Å². The van der Waals surface area contributed by atoms with Crippen molar-refractivity contribution in [2.75, 3.05) is 11.5 Å². The molecule has 0 aromatic carbocycles. The molecule has 0 aliphatic heterocycles. The molecule has 96 valence electrons. The molecule has 0 atom stereocenters. The second-order valence-corrected chi connectivity index (χ2v) is 5.35. The fourth-order valence-electron chi connectivity index (χ4n) is 1.60. The fraction of sp³-hybridized carbons (Fsp3) is 0.667. The van der Waals surface area contributed by atoms with Gasteiger partial charge in [-0.1, -0.05) is 24.3 Å². The van der Waals surface area contributed by atoms with Gasteiger partial charge >= 0.3 is 0 Å². The fourth-order valence-corrected chi connectivity index (χ4v) is 2.68. The number of nitrogens with two attached hydrogens (primary N) is 1. The summed E-state index contributed by atoms with van der Waals surface area (Å²) in [7, 11) is 0. The number of nitrogen functional groups attached to an aromatic ring is 1. The van der Waals surface area contributed by atoms with E-state index in [4.69, 9.17) is 5.73 Å². The molecule has 0 aliphatic carbocycles. The number of anilines is 1. The first kappa shape index (κ1) is 14.1. The SMILES string of the molecule is C=CCCCCCSc1nnc(N)n1C(C)C. The van der Waals surface area contributed by atoms with E-state index in [9.17, 15) is 0 Å². The molecule has 1 rings (SSSR count). The summed E-state index contributed by atoms with van der Waals surface area (Å²) in [5, 5.41) is 8.96. The average Bonchev–Trinajstić information content (AvgIpc) is 2.65. The van der Waals surface area contributed by atoms with E-state index in [1.54, 1.807) is 11.8 Å². The van der Waals surface area contributed by atoms with Crippen LogP contribution in [0.2, 0.25) is 0 Å². The molecule has 1 aromatic rings. The highest BCUT2D eigenvalue weighted by molar-refractivity contribution is 7.99. The minimum Gasteiger partial charge on any atom is -0.368 e. The zero-order valence-corrected chi connectivity index (χ0v) is 11.5. The molecule has 0 aliphatic rings. The van der Waals surface area contributed by atoms with Gasteiger partial charge in [-0.25, -0.2) is 0 Å². The van der Waals surface area contributed by atoms with Crippen molar-refractivity contribution in [2.24, 2.45) is 0 Å². The summed E-state index contributed by atoms with van der Waals surface area (Å²) in [6, 6.07) is 0.313. The van der Waals surface area contributed by atoms with Crippen molar-refractivity contribution in [1.29, 1.82) is 0 Å². The summed E-state index contributed by atoms with van der Waals surface area (Å²) in [5.74, 6) is 1.58. The third-order valence-corrected chi connectivity index (χ3v) is 3.52. The molecule has 5 heteroatoms. The molecular formula is C12H22N4S. The number of rotatable bonds is 8. The first-order valence-electron chi connectivity index (χ1n) is 6.11. The van der Waals surface area contributed by atoms with Crippen LogP contribution in [0.1, 0.15) is 45.6 Å². The molecule has 1 aromatic heterocycles. The Bertz CT molecular complexity index is 346. The van der Waals surface area contributed by atoms with Gasteiger partial charge in [-0.3, -0.25) is 4.57 Å². The van der Waals surface area contributed by atoms with Gasteiger partial charge in [0.2, 0.25) is 5.95 Å². The van der Waals surface area contributed by atoms with E-state index in [0.29, 0.717) is 12.0 Å². The van der Waals surface area contributed by atoms with Crippen molar-refractivity contribution in [2.45, 2.75) is 50.7 Å². The number of aromatic nitrogens is 3. The molecule has 0 radical (unpaired) electrons. The summed E-state index contributed by atoms with van der Waals surface area (Å²) in [6.07, 6.45) is 6.75. The van der Waals surface area contributed by atoms with Crippen molar-refractivity contribution in [3.05, 3.63) is 12.7 Å². The molecule has 0 amide bonds. The minimum atomic E-state index is 0.313. The van der Waals surface area contributed by atoms with Crippen LogP contribution in [-0.4, -0.2) is 20.5 Å². The van der Waals surface area contributed by atoms with Crippen molar-refractivity contribution >= 4 is 17.7 Å². The monoisotopic (exact) mass is 254 g/mol. The van der Waals surface area contributed by atoms with Crippen molar-refractivity contribution in [3.8, 4) is 0 Å². The lowest BCUT2D eigenvalue weighted by Gasteiger charge is -2.10. The second kappa shape index (κ2) is 7.37. The maximum absolute atomic E-state index is 5.78. The van der Waals surface area contributed by atoms with Gasteiger partial charge in [-0.2, -0.15) is 0 Å². The zero-order valence-electron chi connectivity index (χ0n) is 10.7. The second-order valence-electron chi connectivity index (χ2n) is 4.29. The van der Waals surface area contributed by atoms with Gasteiger partial charge in [-0.05, 0) is 33.1 Å². The van der Waals surface area contributed by atoms with Crippen molar-refractivity contribution in [1.82, 2.24) is 14.8 Å². The lowest BCUT2D eigenvalue weighted by atomic mass is 10.2. The first-order chi connectivity index (χ1) is 8.16. The van der Waals surface area contributed by atoms with Gasteiger partial charge in [0.05, 0.1) is 0 Å². The summed E-state index contributed by atoms with van der Waals surface area (Å²) < 4.78 is 1.98. The number of nitrogens with zero attached hydrogens (tertiary/aromatic N) is 3. The third-order valence-electron chi connectivity index (χ3n) is 2.49.